The first-order chi connectivity index (χ1) is 19.0. The molecule has 0 unspecified atom stereocenters. The van der Waals surface area contributed by atoms with Gasteiger partial charge in [-0.05, 0) is 38.7 Å². The molecular formula is C33H62O6. The van der Waals surface area contributed by atoms with Crippen LogP contribution in [-0.2, 0) is 19.0 Å². The highest BCUT2D eigenvalue weighted by molar-refractivity contribution is 5.90. The van der Waals surface area contributed by atoms with Crippen LogP contribution in [0.3, 0.4) is 0 Å². The van der Waals surface area contributed by atoms with Gasteiger partial charge in [0.1, 0.15) is 6.10 Å². The third-order valence-corrected chi connectivity index (χ3v) is 7.61. The Kier molecular flexibility index (Phi) is 24.0. The largest absolute Gasteiger partial charge is 0.455 e. The Bertz CT molecular complexity index is 593. The molecule has 0 spiro atoms. The van der Waals surface area contributed by atoms with Crippen LogP contribution >= 0.6 is 0 Å². The topological polar surface area (TPSA) is 85.2 Å². The quantitative estimate of drug-likeness (QED) is 0.0724. The molecule has 1 aliphatic heterocycles. The Labute approximate surface area is 240 Å². The molecule has 6 nitrogen and oxygen atoms in total. The SMILES string of the molecule is CCCCCCCCCC[C@@H](O)COCCOC[C@@H](O)CCCCCCCCCCCCC1=C[C@H](C)OC1=O. The molecule has 1 aliphatic rings. The first kappa shape index (κ1) is 36.1. The predicted molar refractivity (Wildman–Crippen MR) is 160 cm³/mol. The summed E-state index contributed by atoms with van der Waals surface area (Å²) in [4.78, 5) is 11.6. The summed E-state index contributed by atoms with van der Waals surface area (Å²) in [5, 5.41) is 20.1. The van der Waals surface area contributed by atoms with Crippen LogP contribution in [0, 0.1) is 0 Å². The smallest absolute Gasteiger partial charge is 0.334 e. The summed E-state index contributed by atoms with van der Waals surface area (Å²) in [7, 11) is 0. The van der Waals surface area contributed by atoms with E-state index in [0.29, 0.717) is 26.4 Å². The van der Waals surface area contributed by atoms with Crippen molar-refractivity contribution < 1.29 is 29.2 Å². The molecule has 1 heterocycles. The van der Waals surface area contributed by atoms with Gasteiger partial charge in [0.2, 0.25) is 0 Å². The Morgan fingerprint density at radius 1 is 0.692 bits per heavy atom. The number of carbonyl (C=O) groups excluding carboxylic acids is 1. The summed E-state index contributed by atoms with van der Waals surface area (Å²) in [6.45, 7) is 5.82. The molecule has 0 aliphatic carbocycles. The fourth-order valence-electron chi connectivity index (χ4n) is 5.16. The number of aliphatic hydroxyl groups is 2. The molecule has 39 heavy (non-hydrogen) atoms. The fourth-order valence-corrected chi connectivity index (χ4v) is 5.16. The van der Waals surface area contributed by atoms with Crippen LogP contribution < -0.4 is 0 Å². The number of unbranched alkanes of at least 4 members (excludes halogenated alkanes) is 16. The zero-order valence-corrected chi connectivity index (χ0v) is 25.5. The van der Waals surface area contributed by atoms with Crippen molar-refractivity contribution in [1.82, 2.24) is 0 Å². The maximum absolute atomic E-state index is 11.6. The number of hydrogen-bond acceptors (Lipinski definition) is 6. The van der Waals surface area contributed by atoms with Gasteiger partial charge in [-0.2, -0.15) is 0 Å². The number of aliphatic hydroxyl groups excluding tert-OH is 2. The molecule has 6 heteroatoms. The Hall–Kier alpha value is -0.950. The van der Waals surface area contributed by atoms with Crippen molar-refractivity contribution in [3.05, 3.63) is 11.6 Å². The van der Waals surface area contributed by atoms with Crippen molar-refractivity contribution in [2.75, 3.05) is 26.4 Å². The van der Waals surface area contributed by atoms with Gasteiger partial charge in [-0.1, -0.05) is 116 Å². The van der Waals surface area contributed by atoms with Crippen LogP contribution in [0.25, 0.3) is 0 Å². The molecule has 0 saturated heterocycles. The van der Waals surface area contributed by atoms with Crippen LogP contribution in [0.1, 0.15) is 149 Å². The monoisotopic (exact) mass is 554 g/mol. The van der Waals surface area contributed by atoms with Crippen LogP contribution in [0.2, 0.25) is 0 Å². The zero-order valence-electron chi connectivity index (χ0n) is 25.5. The van der Waals surface area contributed by atoms with Crippen molar-refractivity contribution in [2.24, 2.45) is 0 Å². The molecule has 0 bridgehead atoms. The predicted octanol–water partition coefficient (Wildman–Crippen LogP) is 7.83. The van der Waals surface area contributed by atoms with E-state index in [1.54, 1.807) is 0 Å². The number of carbonyl (C=O) groups is 1. The second-order valence-electron chi connectivity index (χ2n) is 11.6. The van der Waals surface area contributed by atoms with Gasteiger partial charge >= 0.3 is 5.97 Å². The molecule has 1 rings (SSSR count). The van der Waals surface area contributed by atoms with Gasteiger partial charge in [-0.15, -0.1) is 0 Å². The average Bonchev–Trinajstić information content (AvgIpc) is 3.24. The first-order valence-electron chi connectivity index (χ1n) is 16.5. The Morgan fingerprint density at radius 3 is 1.51 bits per heavy atom. The zero-order chi connectivity index (χ0) is 28.4. The minimum absolute atomic E-state index is 0.0467. The summed E-state index contributed by atoms with van der Waals surface area (Å²) in [5.41, 5.74) is 0.865. The maximum Gasteiger partial charge on any atom is 0.334 e. The van der Waals surface area contributed by atoms with Crippen molar-refractivity contribution in [3.63, 3.8) is 0 Å². The normalized spacial score (nSPS) is 16.9. The first-order valence-corrected chi connectivity index (χ1v) is 16.5. The van der Waals surface area contributed by atoms with Gasteiger partial charge in [-0.3, -0.25) is 0 Å². The fraction of sp³-hybridized carbons (Fsp3) is 0.909. The van der Waals surface area contributed by atoms with Crippen molar-refractivity contribution in [1.29, 1.82) is 0 Å². The highest BCUT2D eigenvalue weighted by Crippen LogP contribution is 2.20. The van der Waals surface area contributed by atoms with E-state index >= 15 is 0 Å². The standard InChI is InChI=1S/C33H62O6/c1-3-4-5-6-7-13-16-19-22-31(34)27-37-24-25-38-28-32(35)23-20-17-14-11-9-8-10-12-15-18-21-30-26-29(2)39-33(30)36/h26,29,31-32,34-35H,3-25,27-28H2,1-2H3/t29-,31+,32-/m0/s1. The van der Waals surface area contributed by atoms with E-state index < -0.39 is 6.10 Å². The summed E-state index contributed by atoms with van der Waals surface area (Å²) in [6, 6.07) is 0. The third-order valence-electron chi connectivity index (χ3n) is 7.61. The van der Waals surface area contributed by atoms with Gasteiger partial charge in [0.25, 0.3) is 0 Å². The molecule has 0 radical (unpaired) electrons. The van der Waals surface area contributed by atoms with Gasteiger partial charge in [-0.25, -0.2) is 4.79 Å². The third kappa shape index (κ3) is 22.4. The van der Waals surface area contributed by atoms with Crippen LogP contribution in [0.5, 0.6) is 0 Å². The van der Waals surface area contributed by atoms with Crippen LogP contribution in [-0.4, -0.2) is 60.9 Å². The number of esters is 1. The summed E-state index contributed by atoms with van der Waals surface area (Å²) in [5.74, 6) is -0.122. The number of ether oxygens (including phenoxy) is 3. The maximum atomic E-state index is 11.6. The molecule has 2 N–H and O–H groups in total. The molecule has 230 valence electrons. The second-order valence-corrected chi connectivity index (χ2v) is 11.6. The summed E-state index contributed by atoms with van der Waals surface area (Å²) < 4.78 is 16.2. The van der Waals surface area contributed by atoms with Gasteiger partial charge < -0.3 is 24.4 Å². The van der Waals surface area contributed by atoms with E-state index in [-0.39, 0.29) is 18.2 Å². The molecule has 0 aromatic carbocycles. The van der Waals surface area contributed by atoms with Crippen LogP contribution in [0.15, 0.2) is 11.6 Å². The Morgan fingerprint density at radius 2 is 1.10 bits per heavy atom. The van der Waals surface area contributed by atoms with E-state index in [1.165, 1.54) is 96.3 Å². The van der Waals surface area contributed by atoms with Gasteiger partial charge in [0.15, 0.2) is 0 Å². The molecule has 0 amide bonds. The molecule has 0 fully saturated rings. The summed E-state index contributed by atoms with van der Waals surface area (Å²) >= 11 is 0. The Balaban J connectivity index is 1.76. The average molecular weight is 555 g/mol. The number of hydrogen-bond donors (Lipinski definition) is 2. The molecule has 3 atom stereocenters. The van der Waals surface area contributed by atoms with Crippen molar-refractivity contribution in [3.8, 4) is 0 Å². The molecule has 0 aromatic heterocycles. The molecule has 0 saturated carbocycles. The number of cyclic esters (lactones) is 1. The second kappa shape index (κ2) is 26.0. The van der Waals surface area contributed by atoms with E-state index in [4.69, 9.17) is 14.2 Å². The van der Waals surface area contributed by atoms with E-state index in [1.807, 2.05) is 13.0 Å². The highest BCUT2D eigenvalue weighted by atomic mass is 16.5. The number of rotatable bonds is 29. The van der Waals surface area contributed by atoms with E-state index in [0.717, 1.165) is 44.1 Å². The van der Waals surface area contributed by atoms with Crippen LogP contribution in [0.4, 0.5) is 0 Å². The van der Waals surface area contributed by atoms with Gasteiger partial charge in [0, 0.05) is 5.57 Å². The minimum atomic E-state index is -0.400. The molecular weight excluding hydrogens is 492 g/mol. The minimum Gasteiger partial charge on any atom is -0.455 e. The lowest BCUT2D eigenvalue weighted by Crippen LogP contribution is -2.20. The highest BCUT2D eigenvalue weighted by Gasteiger charge is 2.21. The van der Waals surface area contributed by atoms with E-state index in [2.05, 4.69) is 6.92 Å². The summed E-state index contributed by atoms with van der Waals surface area (Å²) in [6.07, 6.45) is 25.9. The molecule has 0 aromatic rings. The lowest BCUT2D eigenvalue weighted by atomic mass is 10.0. The van der Waals surface area contributed by atoms with E-state index in [9.17, 15) is 15.0 Å². The van der Waals surface area contributed by atoms with Crippen molar-refractivity contribution >= 4 is 5.97 Å². The van der Waals surface area contributed by atoms with Gasteiger partial charge in [0.05, 0.1) is 38.6 Å². The lowest BCUT2D eigenvalue weighted by Gasteiger charge is -2.13. The van der Waals surface area contributed by atoms with Crippen molar-refractivity contribution in [2.45, 2.75) is 167 Å². The lowest BCUT2D eigenvalue weighted by molar-refractivity contribution is -0.139.